The number of piperidine rings is 1. The summed E-state index contributed by atoms with van der Waals surface area (Å²) in [5.74, 6) is 1.62. The van der Waals surface area contributed by atoms with Crippen molar-refractivity contribution in [1.29, 1.82) is 0 Å². The first-order valence-corrected chi connectivity index (χ1v) is 9.10. The molecule has 0 atom stereocenters. The Bertz CT molecular complexity index is 733. The number of aliphatic imine (C=N–C) groups is 1. The topological polar surface area (TPSA) is 44.7 Å². The summed E-state index contributed by atoms with van der Waals surface area (Å²) in [7, 11) is 0. The summed E-state index contributed by atoms with van der Waals surface area (Å²) in [6.07, 6.45) is 3.45. The summed E-state index contributed by atoms with van der Waals surface area (Å²) in [4.78, 5) is 4.76. The van der Waals surface area contributed by atoms with Crippen molar-refractivity contribution in [3.05, 3.63) is 60.2 Å². The fourth-order valence-corrected chi connectivity index (χ4v) is 3.75. The highest BCUT2D eigenvalue weighted by atomic mass is 16.5. The molecule has 0 aromatic heterocycles. The van der Waals surface area contributed by atoms with Crippen LogP contribution in [0.15, 0.2) is 59.6 Å². The van der Waals surface area contributed by atoms with Crippen molar-refractivity contribution in [2.75, 3.05) is 0 Å². The van der Waals surface area contributed by atoms with E-state index in [1.54, 1.807) is 0 Å². The van der Waals surface area contributed by atoms with Crippen molar-refractivity contribution in [2.24, 2.45) is 4.99 Å². The Labute approximate surface area is 156 Å². The molecule has 1 saturated heterocycles. The molecule has 0 aliphatic carbocycles. The highest BCUT2D eigenvalue weighted by Gasteiger charge is 2.45. The van der Waals surface area contributed by atoms with Crippen LogP contribution in [-0.2, 0) is 5.21 Å². The molecule has 3 rings (SSSR count). The summed E-state index contributed by atoms with van der Waals surface area (Å²) in [5, 5.41) is 13.7. The van der Waals surface area contributed by atoms with E-state index in [0.29, 0.717) is 0 Å². The molecule has 1 aliphatic rings. The van der Waals surface area contributed by atoms with Gasteiger partial charge in [0.1, 0.15) is 11.5 Å². The van der Waals surface area contributed by atoms with Gasteiger partial charge in [-0.2, -0.15) is 0 Å². The minimum absolute atomic E-state index is 0.158. The average molecular weight is 351 g/mol. The van der Waals surface area contributed by atoms with Crippen LogP contribution in [0.25, 0.3) is 0 Å². The monoisotopic (exact) mass is 351 g/mol. The third kappa shape index (κ3) is 4.32. The van der Waals surface area contributed by atoms with E-state index in [9.17, 15) is 5.21 Å². The van der Waals surface area contributed by atoms with E-state index >= 15 is 0 Å². The number of hydrogen-bond acceptors (Lipinski definition) is 3. The Kier molecular flexibility index (Phi) is 5.17. The van der Waals surface area contributed by atoms with Crippen molar-refractivity contribution >= 4 is 6.21 Å². The van der Waals surface area contributed by atoms with Gasteiger partial charge in [0, 0.05) is 17.3 Å². The molecule has 1 fully saturated rings. The first-order valence-electron chi connectivity index (χ1n) is 9.10. The number of ether oxygens (including phenoxy) is 1. The fourth-order valence-electron chi connectivity index (χ4n) is 3.75. The fraction of sp³-hybridized carbons (Fsp3) is 0.409. The first kappa shape index (κ1) is 18.6. The maximum absolute atomic E-state index is 12.4. The number of para-hydroxylation sites is 1. The summed E-state index contributed by atoms with van der Waals surface area (Å²) in [5.41, 5.74) is 0.249. The first-order chi connectivity index (χ1) is 12.3. The lowest BCUT2D eigenvalue weighted by Gasteiger charge is -2.48. The van der Waals surface area contributed by atoms with Crippen molar-refractivity contribution in [1.82, 2.24) is 5.06 Å². The Morgan fingerprint density at radius 1 is 0.923 bits per heavy atom. The third-order valence-corrected chi connectivity index (χ3v) is 4.86. The lowest BCUT2D eigenvalue weighted by atomic mass is 9.79. The van der Waals surface area contributed by atoms with Crippen LogP contribution in [0.1, 0.15) is 46.1 Å². The zero-order chi connectivity index (χ0) is 18.8. The van der Waals surface area contributed by atoms with Gasteiger partial charge in [0.25, 0.3) is 0 Å². The highest BCUT2D eigenvalue weighted by Crippen LogP contribution is 2.38. The van der Waals surface area contributed by atoms with Crippen molar-refractivity contribution < 1.29 is 9.94 Å². The summed E-state index contributed by atoms with van der Waals surface area (Å²) in [6, 6.07) is 17.8. The largest absolute Gasteiger partial charge is 0.457 e. The normalized spacial score (nSPS) is 20.3. The predicted octanol–water partition coefficient (Wildman–Crippen LogP) is 5.26. The van der Waals surface area contributed by atoms with Gasteiger partial charge in [-0.3, -0.25) is 4.99 Å². The van der Waals surface area contributed by atoms with E-state index in [-0.39, 0.29) is 6.04 Å². The molecule has 0 N–H and O–H groups in total. The van der Waals surface area contributed by atoms with Crippen LogP contribution in [0.4, 0.5) is 0 Å². The molecule has 2 aromatic carbocycles. The Hall–Kier alpha value is -2.17. The molecule has 0 spiro atoms. The Morgan fingerprint density at radius 3 is 2.04 bits per heavy atom. The van der Waals surface area contributed by atoms with Crippen LogP contribution in [0.3, 0.4) is 0 Å². The zero-order valence-corrected chi connectivity index (χ0v) is 16.0. The molecule has 1 aliphatic heterocycles. The smallest absolute Gasteiger partial charge is 0.127 e. The maximum Gasteiger partial charge on any atom is 0.127 e. The second-order valence-corrected chi connectivity index (χ2v) is 8.24. The minimum Gasteiger partial charge on any atom is -0.457 e. The molecule has 4 nitrogen and oxygen atoms in total. The minimum atomic E-state index is -0.392. The SMILES string of the molecule is CC1(C)CC(N=Cc2ccc(Oc3ccccc3)cc2)CC(C)(C)N1[O]. The van der Waals surface area contributed by atoms with Gasteiger partial charge in [0.05, 0.1) is 6.04 Å². The number of benzene rings is 2. The second kappa shape index (κ2) is 7.22. The molecule has 0 unspecified atom stereocenters. The van der Waals surface area contributed by atoms with Gasteiger partial charge in [-0.15, -0.1) is 10.3 Å². The number of hydroxylamine groups is 2. The number of rotatable bonds is 4. The molecule has 2 aromatic rings. The molecule has 1 heterocycles. The predicted molar refractivity (Wildman–Crippen MR) is 104 cm³/mol. The Balaban J connectivity index is 1.65. The molecule has 26 heavy (non-hydrogen) atoms. The van der Waals surface area contributed by atoms with Crippen molar-refractivity contribution in [3.8, 4) is 11.5 Å². The van der Waals surface area contributed by atoms with Gasteiger partial charge in [0.15, 0.2) is 0 Å². The van der Waals surface area contributed by atoms with Gasteiger partial charge in [-0.1, -0.05) is 18.2 Å². The molecule has 137 valence electrons. The molecule has 4 heteroatoms. The average Bonchev–Trinajstić information content (AvgIpc) is 2.59. The lowest BCUT2D eigenvalue weighted by molar-refractivity contribution is -0.288. The number of nitrogens with zero attached hydrogens (tertiary/aromatic N) is 2. The highest BCUT2D eigenvalue weighted by molar-refractivity contribution is 5.79. The van der Waals surface area contributed by atoms with Crippen molar-refractivity contribution in [2.45, 2.75) is 57.7 Å². The van der Waals surface area contributed by atoms with Crippen molar-refractivity contribution in [3.63, 3.8) is 0 Å². The third-order valence-electron chi connectivity index (χ3n) is 4.86. The molecular formula is C22H27N2O2. The van der Waals surface area contributed by atoms with Crippen LogP contribution < -0.4 is 4.74 Å². The van der Waals surface area contributed by atoms with Gasteiger partial charge >= 0.3 is 0 Å². The maximum atomic E-state index is 12.4. The summed E-state index contributed by atoms with van der Waals surface area (Å²) >= 11 is 0. The van der Waals surface area contributed by atoms with E-state index < -0.39 is 11.1 Å². The second-order valence-electron chi connectivity index (χ2n) is 8.24. The van der Waals surface area contributed by atoms with Gasteiger partial charge in [-0.05, 0) is 82.5 Å². The van der Waals surface area contributed by atoms with E-state index in [0.717, 1.165) is 29.9 Å². The van der Waals surface area contributed by atoms with Gasteiger partial charge in [-0.25, -0.2) is 0 Å². The summed E-state index contributed by atoms with van der Waals surface area (Å²) < 4.78 is 5.81. The van der Waals surface area contributed by atoms with E-state index in [1.165, 1.54) is 5.06 Å². The molecule has 0 saturated carbocycles. The standard InChI is InChI=1S/C22H27N2O2/c1-21(2)14-18(15-22(3,4)24(21)25)23-16-17-10-12-20(13-11-17)26-19-8-6-5-7-9-19/h5-13,16,18H,14-15H2,1-4H3. The zero-order valence-electron chi connectivity index (χ0n) is 16.0. The van der Waals surface area contributed by atoms with E-state index in [2.05, 4.69) is 0 Å². The van der Waals surface area contributed by atoms with Crippen LogP contribution >= 0.6 is 0 Å². The summed E-state index contributed by atoms with van der Waals surface area (Å²) in [6.45, 7) is 8.00. The van der Waals surface area contributed by atoms with Crippen LogP contribution in [-0.4, -0.2) is 28.4 Å². The Morgan fingerprint density at radius 2 is 1.46 bits per heavy atom. The van der Waals surface area contributed by atoms with Gasteiger partial charge < -0.3 is 4.74 Å². The van der Waals surface area contributed by atoms with Gasteiger partial charge in [0.2, 0.25) is 0 Å². The molecule has 0 bridgehead atoms. The lowest BCUT2D eigenvalue weighted by Crippen LogP contribution is -2.59. The molecular weight excluding hydrogens is 324 g/mol. The number of hydrogen-bond donors (Lipinski definition) is 0. The molecule has 1 radical (unpaired) electrons. The van der Waals surface area contributed by atoms with E-state index in [4.69, 9.17) is 9.73 Å². The van der Waals surface area contributed by atoms with Crippen LogP contribution in [0.2, 0.25) is 0 Å². The van der Waals surface area contributed by atoms with E-state index in [1.807, 2.05) is 88.5 Å². The van der Waals surface area contributed by atoms with Crippen LogP contribution in [0, 0.1) is 0 Å². The van der Waals surface area contributed by atoms with Crippen LogP contribution in [0.5, 0.6) is 11.5 Å². The molecule has 0 amide bonds. The quantitative estimate of drug-likeness (QED) is 0.705.